The number of likely N-dealkylation sites (tertiary alicyclic amines) is 1. The highest BCUT2D eigenvalue weighted by Crippen LogP contribution is 2.32. The van der Waals surface area contributed by atoms with Crippen molar-refractivity contribution in [3.05, 3.63) is 10.0 Å². The highest BCUT2D eigenvalue weighted by molar-refractivity contribution is 7.13. The van der Waals surface area contributed by atoms with E-state index in [2.05, 4.69) is 10.2 Å². The molecule has 18 heavy (non-hydrogen) atoms. The topological polar surface area (TPSA) is 83.4 Å². The molecule has 1 aliphatic heterocycles. The molecule has 6 nitrogen and oxygen atoms in total. The molecule has 1 N–H and O–H groups in total. The fourth-order valence-corrected chi connectivity index (χ4v) is 2.23. The van der Waals surface area contributed by atoms with E-state index in [1.165, 1.54) is 0 Å². The molecule has 0 spiro atoms. The lowest BCUT2D eigenvalue weighted by atomic mass is 10.0. The molecule has 0 aromatic carbocycles. The fourth-order valence-electron chi connectivity index (χ4n) is 1.47. The first-order valence-corrected chi connectivity index (χ1v) is 5.53. The van der Waals surface area contributed by atoms with Crippen LogP contribution in [0.5, 0.6) is 0 Å². The maximum Gasteiger partial charge on any atom is 0.471 e. The van der Waals surface area contributed by atoms with Crippen molar-refractivity contribution < 1.29 is 27.9 Å². The Hall–Kier alpha value is -1.71. The number of hydrogen-bond acceptors (Lipinski definition) is 5. The van der Waals surface area contributed by atoms with Crippen molar-refractivity contribution in [1.29, 1.82) is 0 Å². The second-order valence-electron chi connectivity index (χ2n) is 3.66. The van der Waals surface area contributed by atoms with Crippen molar-refractivity contribution in [3.63, 3.8) is 0 Å². The Morgan fingerprint density at radius 1 is 1.33 bits per heavy atom. The third kappa shape index (κ3) is 2.28. The van der Waals surface area contributed by atoms with Gasteiger partial charge in [-0.05, 0) is 0 Å². The molecule has 0 bridgehead atoms. The van der Waals surface area contributed by atoms with Gasteiger partial charge in [0, 0.05) is 19.0 Å². The zero-order chi connectivity index (χ0) is 13.5. The smallest absolute Gasteiger partial charge is 0.471 e. The second-order valence-corrected chi connectivity index (χ2v) is 4.66. The minimum Gasteiger partial charge on any atom is -0.476 e. The SMILES string of the molecule is O=C(O)c1nnc(C2CN(C(=O)C(F)(F)F)C2)s1. The molecule has 1 fully saturated rings. The molecule has 0 unspecified atom stereocenters. The summed E-state index contributed by atoms with van der Waals surface area (Å²) in [5.74, 6) is -3.50. The quantitative estimate of drug-likeness (QED) is 0.863. The second kappa shape index (κ2) is 4.19. The van der Waals surface area contributed by atoms with Crippen LogP contribution in [-0.2, 0) is 4.79 Å². The van der Waals surface area contributed by atoms with Gasteiger partial charge >= 0.3 is 18.1 Å². The van der Waals surface area contributed by atoms with Gasteiger partial charge in [0.25, 0.3) is 0 Å². The molecule has 1 amide bonds. The Bertz CT molecular complexity index is 495. The zero-order valence-corrected chi connectivity index (χ0v) is 9.46. The van der Waals surface area contributed by atoms with E-state index in [0.717, 1.165) is 11.3 Å². The molecule has 0 saturated carbocycles. The van der Waals surface area contributed by atoms with Crippen LogP contribution in [0.3, 0.4) is 0 Å². The number of aromatic nitrogens is 2. The Balaban J connectivity index is 1.96. The molecule has 0 aliphatic carbocycles. The van der Waals surface area contributed by atoms with E-state index in [9.17, 15) is 22.8 Å². The summed E-state index contributed by atoms with van der Waals surface area (Å²) in [5.41, 5.74) is 0. The Kier molecular flexibility index (Phi) is 2.97. The van der Waals surface area contributed by atoms with E-state index in [1.54, 1.807) is 0 Å². The summed E-state index contributed by atoms with van der Waals surface area (Å²) >= 11 is 0.805. The van der Waals surface area contributed by atoms with Crippen LogP contribution < -0.4 is 0 Å². The van der Waals surface area contributed by atoms with Gasteiger partial charge in [-0.2, -0.15) is 13.2 Å². The molecule has 2 heterocycles. The summed E-state index contributed by atoms with van der Waals surface area (Å²) in [6, 6.07) is 0. The molecule has 98 valence electrons. The molecular formula is C8H6F3N3O3S. The van der Waals surface area contributed by atoms with Crippen molar-refractivity contribution >= 4 is 23.2 Å². The zero-order valence-electron chi connectivity index (χ0n) is 8.64. The number of carboxylic acids is 1. The van der Waals surface area contributed by atoms with Crippen LogP contribution in [0.4, 0.5) is 13.2 Å². The number of amides is 1. The number of rotatable bonds is 2. The highest BCUT2D eigenvalue weighted by atomic mass is 32.1. The van der Waals surface area contributed by atoms with Crippen molar-refractivity contribution in [3.8, 4) is 0 Å². The van der Waals surface area contributed by atoms with Gasteiger partial charge in [-0.15, -0.1) is 10.2 Å². The van der Waals surface area contributed by atoms with Crippen LogP contribution >= 0.6 is 11.3 Å². The number of carboxylic acid groups (broad SMARTS) is 1. The number of hydrogen-bond donors (Lipinski definition) is 1. The van der Waals surface area contributed by atoms with Gasteiger partial charge in [-0.25, -0.2) is 4.79 Å². The maximum absolute atomic E-state index is 12.1. The predicted molar refractivity (Wildman–Crippen MR) is 52.2 cm³/mol. The summed E-state index contributed by atoms with van der Waals surface area (Å²) in [5, 5.41) is 15.7. The summed E-state index contributed by atoms with van der Waals surface area (Å²) in [6.07, 6.45) is -4.88. The first-order valence-electron chi connectivity index (χ1n) is 4.72. The standard InChI is InChI=1S/C8H6F3N3O3S/c9-8(10,11)7(17)14-1-3(2-14)4-12-13-5(18-4)6(15)16/h3H,1-2H2,(H,15,16). The van der Waals surface area contributed by atoms with Gasteiger partial charge in [0.05, 0.1) is 0 Å². The number of alkyl halides is 3. The molecular weight excluding hydrogens is 275 g/mol. The maximum atomic E-state index is 12.1. The van der Waals surface area contributed by atoms with Gasteiger partial charge in [0.1, 0.15) is 5.01 Å². The largest absolute Gasteiger partial charge is 0.476 e. The third-order valence-corrected chi connectivity index (χ3v) is 3.46. The number of carbonyl (C=O) groups excluding carboxylic acids is 1. The van der Waals surface area contributed by atoms with Gasteiger partial charge in [0.2, 0.25) is 5.01 Å². The van der Waals surface area contributed by atoms with E-state index in [1.807, 2.05) is 0 Å². The molecule has 1 aliphatic rings. The third-order valence-electron chi connectivity index (χ3n) is 2.38. The summed E-state index contributed by atoms with van der Waals surface area (Å²) < 4.78 is 36.2. The lowest BCUT2D eigenvalue weighted by Crippen LogP contribution is -2.53. The average molecular weight is 281 g/mol. The molecule has 0 radical (unpaired) electrons. The minimum absolute atomic E-state index is 0.118. The van der Waals surface area contributed by atoms with Crippen LogP contribution in [0.2, 0.25) is 0 Å². The lowest BCUT2D eigenvalue weighted by molar-refractivity contribution is -0.189. The monoisotopic (exact) mass is 281 g/mol. The first kappa shape index (κ1) is 12.7. The number of halogens is 3. The highest BCUT2D eigenvalue weighted by Gasteiger charge is 2.47. The summed E-state index contributed by atoms with van der Waals surface area (Å²) in [7, 11) is 0. The number of aromatic carboxylic acids is 1. The Morgan fingerprint density at radius 3 is 2.39 bits per heavy atom. The fraction of sp³-hybridized carbons (Fsp3) is 0.500. The average Bonchev–Trinajstić information content (AvgIpc) is 2.62. The van der Waals surface area contributed by atoms with Crippen LogP contribution in [0.15, 0.2) is 0 Å². The van der Waals surface area contributed by atoms with Gasteiger partial charge in [-0.3, -0.25) is 4.79 Å². The molecule has 1 saturated heterocycles. The number of nitrogens with zero attached hydrogens (tertiary/aromatic N) is 3. The van der Waals surface area contributed by atoms with Gasteiger partial charge in [0.15, 0.2) is 0 Å². The van der Waals surface area contributed by atoms with E-state index < -0.39 is 18.1 Å². The van der Waals surface area contributed by atoms with E-state index in [4.69, 9.17) is 5.11 Å². The first-order chi connectivity index (χ1) is 8.29. The van der Waals surface area contributed by atoms with E-state index in [-0.39, 0.29) is 24.0 Å². The van der Waals surface area contributed by atoms with Crippen LogP contribution in [0.1, 0.15) is 20.7 Å². The van der Waals surface area contributed by atoms with Gasteiger partial charge in [-0.1, -0.05) is 11.3 Å². The van der Waals surface area contributed by atoms with Crippen molar-refractivity contribution in [1.82, 2.24) is 15.1 Å². The van der Waals surface area contributed by atoms with Crippen LogP contribution in [-0.4, -0.2) is 51.3 Å². The Morgan fingerprint density at radius 2 is 1.94 bits per heavy atom. The molecule has 1 aromatic rings. The molecule has 2 rings (SSSR count). The van der Waals surface area contributed by atoms with Crippen LogP contribution in [0.25, 0.3) is 0 Å². The summed E-state index contributed by atoms with van der Waals surface area (Å²) in [6.45, 7) is -0.237. The van der Waals surface area contributed by atoms with Crippen molar-refractivity contribution in [2.75, 3.05) is 13.1 Å². The molecule has 0 atom stereocenters. The van der Waals surface area contributed by atoms with Crippen molar-refractivity contribution in [2.24, 2.45) is 0 Å². The van der Waals surface area contributed by atoms with E-state index >= 15 is 0 Å². The predicted octanol–water partition coefficient (Wildman–Crippen LogP) is 0.724. The number of carbonyl (C=O) groups is 2. The molecule has 10 heteroatoms. The summed E-state index contributed by atoms with van der Waals surface area (Å²) in [4.78, 5) is 22.0. The van der Waals surface area contributed by atoms with E-state index in [0.29, 0.717) is 9.91 Å². The van der Waals surface area contributed by atoms with Gasteiger partial charge < -0.3 is 10.0 Å². The molecule has 1 aromatic heterocycles. The Labute approximate surface area is 102 Å². The van der Waals surface area contributed by atoms with Crippen molar-refractivity contribution in [2.45, 2.75) is 12.1 Å². The van der Waals surface area contributed by atoms with Crippen LogP contribution in [0, 0.1) is 0 Å². The minimum atomic E-state index is -4.88. The normalized spacial score (nSPS) is 16.5. The lowest BCUT2D eigenvalue weighted by Gasteiger charge is -2.37.